The van der Waals surface area contributed by atoms with Crippen molar-refractivity contribution < 1.29 is 4.55 Å². The zero-order valence-corrected chi connectivity index (χ0v) is 14.5. The van der Waals surface area contributed by atoms with Crippen LogP contribution < -0.4 is 17.1 Å². The summed E-state index contributed by atoms with van der Waals surface area (Å²) in [6.07, 6.45) is 0. The molecule has 9 heteroatoms. The van der Waals surface area contributed by atoms with Gasteiger partial charge in [-0.3, -0.25) is 4.98 Å². The maximum Gasteiger partial charge on any atom is 0.340 e. The van der Waals surface area contributed by atoms with Gasteiger partial charge >= 0.3 is 17.1 Å². The lowest BCUT2D eigenvalue weighted by Gasteiger charge is -2.11. The number of nitrogens with zero attached hydrogens (tertiary/aromatic N) is 2. The van der Waals surface area contributed by atoms with Gasteiger partial charge in [-0.2, -0.15) is 0 Å². The molecule has 0 fully saturated rings. The monoisotopic (exact) mass is 377 g/mol. The largest absolute Gasteiger partial charge is 0.606 e. The topological polar surface area (TPSA) is 99.9 Å². The van der Waals surface area contributed by atoms with Crippen molar-refractivity contribution in [3.63, 3.8) is 0 Å². The van der Waals surface area contributed by atoms with Crippen molar-refractivity contribution in [2.45, 2.75) is 9.79 Å². The van der Waals surface area contributed by atoms with E-state index < -0.39 is 28.2 Å². The predicted octanol–water partition coefficient (Wildman–Crippen LogP) is 1.04. The lowest BCUT2D eigenvalue weighted by Crippen LogP contribution is -2.47. The second kappa shape index (κ2) is 6.75. The van der Waals surface area contributed by atoms with E-state index in [0.29, 0.717) is 14.8 Å². The van der Waals surface area contributed by atoms with Crippen LogP contribution in [-0.4, -0.2) is 18.7 Å². The summed E-state index contributed by atoms with van der Waals surface area (Å²) in [4.78, 5) is 38.6. The van der Waals surface area contributed by atoms with Crippen molar-refractivity contribution in [2.24, 2.45) is 7.05 Å². The molecule has 1 aromatic heterocycles. The van der Waals surface area contributed by atoms with E-state index in [-0.39, 0.29) is 5.69 Å². The molecule has 0 saturated heterocycles. The molecule has 2 aromatic carbocycles. The van der Waals surface area contributed by atoms with Crippen LogP contribution in [0.2, 0.25) is 5.02 Å². The van der Waals surface area contributed by atoms with Gasteiger partial charge in [-0.1, -0.05) is 11.6 Å². The number of aromatic amines is 1. The van der Waals surface area contributed by atoms with Crippen molar-refractivity contribution in [3.05, 3.63) is 85.0 Å². The number of hydrogen-bond donors (Lipinski definition) is 1. The maximum absolute atomic E-state index is 12.5. The molecular formula is C16H12ClN3O4S. The molecule has 1 atom stereocenters. The first-order valence-corrected chi connectivity index (χ1v) is 8.61. The highest BCUT2D eigenvalue weighted by atomic mass is 35.5. The Hall–Kier alpha value is -2.55. The predicted molar refractivity (Wildman–Crippen MR) is 94.0 cm³/mol. The van der Waals surface area contributed by atoms with Crippen LogP contribution in [-0.2, 0) is 18.2 Å². The van der Waals surface area contributed by atoms with Gasteiger partial charge in [0, 0.05) is 23.2 Å². The number of halogens is 1. The van der Waals surface area contributed by atoms with Crippen LogP contribution >= 0.6 is 11.6 Å². The molecule has 0 spiro atoms. The van der Waals surface area contributed by atoms with Crippen LogP contribution in [0.15, 0.2) is 72.7 Å². The smallest absolute Gasteiger partial charge is 0.340 e. The van der Waals surface area contributed by atoms with Crippen LogP contribution in [0.1, 0.15) is 0 Å². The fraction of sp³-hybridized carbons (Fsp3) is 0.0625. The minimum atomic E-state index is -1.43. The average Bonchev–Trinajstić information content (AvgIpc) is 2.60. The summed E-state index contributed by atoms with van der Waals surface area (Å²) < 4.78 is 14.1. The van der Waals surface area contributed by atoms with Crippen molar-refractivity contribution in [1.29, 1.82) is 0 Å². The van der Waals surface area contributed by atoms with Crippen molar-refractivity contribution in [1.82, 2.24) is 14.1 Å². The standard InChI is InChI=1S/C16H12ClN3O4S/c1-19-14(21)18-15(22)20(16(19)23)11-4-8-13(9-5-11)25(24)12-6-2-10(17)3-7-12/h2-9H,1H3,(H,18,21,22). The van der Waals surface area contributed by atoms with E-state index in [1.165, 1.54) is 19.2 Å². The molecule has 3 aromatic rings. The molecule has 3 rings (SSSR count). The number of aromatic nitrogens is 3. The molecule has 0 radical (unpaired) electrons. The summed E-state index contributed by atoms with van der Waals surface area (Å²) in [5.74, 6) is 0. The summed E-state index contributed by atoms with van der Waals surface area (Å²) in [5.41, 5.74) is -2.12. The summed E-state index contributed by atoms with van der Waals surface area (Å²) in [6, 6.07) is 12.7. The molecule has 0 bridgehead atoms. The Kier molecular flexibility index (Phi) is 4.67. The second-order valence-electron chi connectivity index (χ2n) is 5.13. The number of benzene rings is 2. The third kappa shape index (κ3) is 3.32. The van der Waals surface area contributed by atoms with Gasteiger partial charge in [0.15, 0.2) is 9.79 Å². The van der Waals surface area contributed by atoms with Crippen molar-refractivity contribution >= 4 is 22.8 Å². The lowest BCUT2D eigenvalue weighted by molar-refractivity contribution is 0.595. The van der Waals surface area contributed by atoms with E-state index in [2.05, 4.69) is 4.98 Å². The molecule has 0 aliphatic heterocycles. The lowest BCUT2D eigenvalue weighted by atomic mass is 10.3. The highest BCUT2D eigenvalue weighted by Crippen LogP contribution is 2.22. The molecule has 0 amide bonds. The normalized spacial score (nSPS) is 12.1. The Morgan fingerprint density at radius 3 is 2.00 bits per heavy atom. The molecular weight excluding hydrogens is 366 g/mol. The molecule has 0 aliphatic rings. The van der Waals surface area contributed by atoms with E-state index in [9.17, 15) is 18.9 Å². The Bertz CT molecular complexity index is 1080. The molecule has 0 aliphatic carbocycles. The first-order chi connectivity index (χ1) is 11.9. The Morgan fingerprint density at radius 1 is 0.920 bits per heavy atom. The van der Waals surface area contributed by atoms with Gasteiger partial charge in [0.25, 0.3) is 0 Å². The van der Waals surface area contributed by atoms with E-state index >= 15 is 0 Å². The third-order valence-electron chi connectivity index (χ3n) is 3.54. The molecule has 1 heterocycles. The van der Waals surface area contributed by atoms with E-state index in [1.54, 1.807) is 36.4 Å². The minimum absolute atomic E-state index is 0.263. The first-order valence-electron chi connectivity index (χ1n) is 7.08. The molecule has 25 heavy (non-hydrogen) atoms. The van der Waals surface area contributed by atoms with Crippen molar-refractivity contribution in [2.75, 3.05) is 0 Å². The number of H-pyrrole nitrogens is 1. The summed E-state index contributed by atoms with van der Waals surface area (Å²) in [6.45, 7) is 0. The van der Waals surface area contributed by atoms with E-state index in [4.69, 9.17) is 11.6 Å². The summed E-state index contributed by atoms with van der Waals surface area (Å²) >= 11 is 4.39. The average molecular weight is 378 g/mol. The van der Waals surface area contributed by atoms with E-state index in [0.717, 1.165) is 9.13 Å². The highest BCUT2D eigenvalue weighted by Gasteiger charge is 2.16. The van der Waals surface area contributed by atoms with Crippen LogP contribution in [0.25, 0.3) is 5.69 Å². The van der Waals surface area contributed by atoms with Crippen LogP contribution in [0.5, 0.6) is 0 Å². The van der Waals surface area contributed by atoms with Gasteiger partial charge < -0.3 is 4.55 Å². The minimum Gasteiger partial charge on any atom is -0.606 e. The molecule has 128 valence electrons. The zero-order valence-electron chi connectivity index (χ0n) is 12.9. The van der Waals surface area contributed by atoms with Gasteiger partial charge in [-0.05, 0) is 48.5 Å². The highest BCUT2D eigenvalue weighted by molar-refractivity contribution is 7.91. The fourth-order valence-corrected chi connectivity index (χ4v) is 3.36. The van der Waals surface area contributed by atoms with E-state index in [1.807, 2.05) is 0 Å². The summed E-state index contributed by atoms with van der Waals surface area (Å²) in [5, 5.41) is 0.546. The van der Waals surface area contributed by atoms with Gasteiger partial charge in [0.2, 0.25) is 0 Å². The number of nitrogens with one attached hydrogen (secondary N) is 1. The fourth-order valence-electron chi connectivity index (χ4n) is 2.20. The SMILES string of the molecule is Cn1c(=O)[nH]c(=O)n(-c2ccc([S+]([O-])c3ccc(Cl)cc3)cc2)c1=O. The molecule has 0 saturated carbocycles. The number of rotatable bonds is 3. The van der Waals surface area contributed by atoms with Gasteiger partial charge in [-0.25, -0.2) is 23.5 Å². The maximum atomic E-state index is 12.5. The Balaban J connectivity index is 2.00. The van der Waals surface area contributed by atoms with Gasteiger partial charge in [0.1, 0.15) is 0 Å². The quantitative estimate of drug-likeness (QED) is 0.689. The Labute approximate surface area is 149 Å². The number of hydrogen-bond acceptors (Lipinski definition) is 4. The second-order valence-corrected chi connectivity index (χ2v) is 7.05. The molecule has 7 nitrogen and oxygen atoms in total. The van der Waals surface area contributed by atoms with Crippen LogP contribution in [0.4, 0.5) is 0 Å². The van der Waals surface area contributed by atoms with Gasteiger partial charge in [-0.15, -0.1) is 0 Å². The molecule has 1 unspecified atom stereocenters. The zero-order chi connectivity index (χ0) is 18.1. The third-order valence-corrected chi connectivity index (χ3v) is 5.19. The van der Waals surface area contributed by atoms with Gasteiger partial charge in [0.05, 0.1) is 5.69 Å². The Morgan fingerprint density at radius 2 is 1.44 bits per heavy atom. The van der Waals surface area contributed by atoms with Crippen molar-refractivity contribution in [3.8, 4) is 5.69 Å². The molecule has 1 N–H and O–H groups in total. The van der Waals surface area contributed by atoms with Crippen LogP contribution in [0.3, 0.4) is 0 Å². The first kappa shape index (κ1) is 17.3. The summed E-state index contributed by atoms with van der Waals surface area (Å²) in [7, 11) is 1.26. The van der Waals surface area contributed by atoms with Crippen LogP contribution in [0, 0.1) is 0 Å².